The van der Waals surface area contributed by atoms with Crippen molar-refractivity contribution in [1.29, 1.82) is 0 Å². The van der Waals surface area contributed by atoms with E-state index in [1.165, 1.54) is 0 Å². The lowest BCUT2D eigenvalue weighted by Crippen LogP contribution is -2.41. The Kier molecular flexibility index (Phi) is 5.72. The Balaban J connectivity index is 1.76. The van der Waals surface area contributed by atoms with Gasteiger partial charge in [-0.1, -0.05) is 60.7 Å². The summed E-state index contributed by atoms with van der Waals surface area (Å²) in [5, 5.41) is 5.33. The first-order chi connectivity index (χ1) is 10.7. The number of carbonyl (C=O) groups is 2. The summed E-state index contributed by atoms with van der Waals surface area (Å²) < 4.78 is 0. The molecule has 0 bridgehead atoms. The molecule has 0 heterocycles. The van der Waals surface area contributed by atoms with Gasteiger partial charge >= 0.3 is 11.8 Å². The van der Waals surface area contributed by atoms with E-state index in [1.54, 1.807) is 0 Å². The van der Waals surface area contributed by atoms with Gasteiger partial charge in [0.1, 0.15) is 0 Å². The number of hydrogen-bond donors (Lipinski definition) is 2. The molecule has 0 fully saturated rings. The number of benzene rings is 2. The Morgan fingerprint density at radius 3 is 2.14 bits per heavy atom. The van der Waals surface area contributed by atoms with Crippen molar-refractivity contribution in [1.82, 2.24) is 10.6 Å². The molecule has 0 radical (unpaired) electrons. The summed E-state index contributed by atoms with van der Waals surface area (Å²) >= 11 is 0. The topological polar surface area (TPSA) is 58.2 Å². The van der Waals surface area contributed by atoms with Gasteiger partial charge in [0.15, 0.2) is 0 Å². The van der Waals surface area contributed by atoms with E-state index >= 15 is 0 Å². The Morgan fingerprint density at radius 2 is 1.50 bits per heavy atom. The highest BCUT2D eigenvalue weighted by atomic mass is 16.2. The molecule has 0 saturated heterocycles. The van der Waals surface area contributed by atoms with Gasteiger partial charge in [0.05, 0.1) is 6.04 Å². The zero-order valence-corrected chi connectivity index (χ0v) is 12.6. The van der Waals surface area contributed by atoms with Crippen LogP contribution in [0.3, 0.4) is 0 Å². The average Bonchev–Trinajstić information content (AvgIpc) is 2.56. The lowest BCUT2D eigenvalue weighted by Gasteiger charge is -2.14. The third-order valence-electron chi connectivity index (χ3n) is 3.40. The number of rotatable bonds is 5. The minimum absolute atomic E-state index is 0.200. The molecule has 0 aliphatic rings. The lowest BCUT2D eigenvalue weighted by molar-refractivity contribution is -0.139. The zero-order chi connectivity index (χ0) is 15.8. The minimum atomic E-state index is -0.607. The molecule has 1 atom stereocenters. The van der Waals surface area contributed by atoms with Gasteiger partial charge in [-0.2, -0.15) is 0 Å². The molecule has 2 aromatic rings. The fourth-order valence-electron chi connectivity index (χ4n) is 2.13. The Labute approximate surface area is 130 Å². The van der Waals surface area contributed by atoms with Gasteiger partial charge in [-0.05, 0) is 24.5 Å². The molecular weight excluding hydrogens is 276 g/mol. The van der Waals surface area contributed by atoms with Crippen LogP contribution in [0.2, 0.25) is 0 Å². The fraction of sp³-hybridized carbons (Fsp3) is 0.222. The van der Waals surface area contributed by atoms with Crippen LogP contribution < -0.4 is 10.6 Å². The second kappa shape index (κ2) is 7.98. The van der Waals surface area contributed by atoms with Crippen LogP contribution in [0.4, 0.5) is 0 Å². The van der Waals surface area contributed by atoms with Crippen LogP contribution in [0, 0.1) is 0 Å². The van der Waals surface area contributed by atoms with Gasteiger partial charge in [0.2, 0.25) is 0 Å². The first-order valence-electron chi connectivity index (χ1n) is 7.34. The summed E-state index contributed by atoms with van der Waals surface area (Å²) in [5.74, 6) is -1.21. The number of carbonyl (C=O) groups excluding carboxylic acids is 2. The molecule has 4 heteroatoms. The molecule has 0 aliphatic heterocycles. The van der Waals surface area contributed by atoms with Crippen molar-refractivity contribution >= 4 is 11.8 Å². The standard InChI is InChI=1S/C18H20N2O2/c1-14(16-10-6-3-7-11-16)20-18(22)17(21)19-13-12-15-8-4-2-5-9-15/h2-11,14H,12-13H2,1H3,(H,19,21)(H,20,22)/t14-/m1/s1. The zero-order valence-electron chi connectivity index (χ0n) is 12.6. The summed E-state index contributed by atoms with van der Waals surface area (Å²) in [4.78, 5) is 23.6. The highest BCUT2D eigenvalue weighted by molar-refractivity contribution is 6.35. The molecule has 0 spiro atoms. The molecule has 0 saturated carbocycles. The summed E-state index contributed by atoms with van der Waals surface area (Å²) in [6.07, 6.45) is 0.702. The highest BCUT2D eigenvalue weighted by Crippen LogP contribution is 2.10. The molecular formula is C18H20N2O2. The predicted octanol–water partition coefficient (Wildman–Crippen LogP) is 2.22. The molecule has 2 amide bonds. The Bertz CT molecular complexity index is 611. The van der Waals surface area contributed by atoms with E-state index in [4.69, 9.17) is 0 Å². The molecule has 2 aromatic carbocycles. The number of amides is 2. The van der Waals surface area contributed by atoms with Gasteiger partial charge in [-0.25, -0.2) is 0 Å². The quantitative estimate of drug-likeness (QED) is 0.831. The monoisotopic (exact) mass is 296 g/mol. The van der Waals surface area contributed by atoms with Crippen LogP contribution in [0.5, 0.6) is 0 Å². The molecule has 2 rings (SSSR count). The van der Waals surface area contributed by atoms with E-state index in [9.17, 15) is 9.59 Å². The van der Waals surface area contributed by atoms with E-state index in [2.05, 4.69) is 10.6 Å². The van der Waals surface area contributed by atoms with E-state index < -0.39 is 11.8 Å². The first kappa shape index (κ1) is 15.8. The molecule has 0 unspecified atom stereocenters. The van der Waals surface area contributed by atoms with Crippen molar-refractivity contribution in [2.45, 2.75) is 19.4 Å². The average molecular weight is 296 g/mol. The largest absolute Gasteiger partial charge is 0.348 e. The minimum Gasteiger partial charge on any atom is -0.348 e. The van der Waals surface area contributed by atoms with Gasteiger partial charge in [0.25, 0.3) is 0 Å². The third kappa shape index (κ3) is 4.74. The van der Waals surface area contributed by atoms with E-state index in [-0.39, 0.29) is 6.04 Å². The highest BCUT2D eigenvalue weighted by Gasteiger charge is 2.16. The number of hydrogen-bond acceptors (Lipinski definition) is 2. The van der Waals surface area contributed by atoms with Gasteiger partial charge in [-0.3, -0.25) is 9.59 Å². The van der Waals surface area contributed by atoms with Crippen LogP contribution in [0.15, 0.2) is 60.7 Å². The number of nitrogens with one attached hydrogen (secondary N) is 2. The van der Waals surface area contributed by atoms with Gasteiger partial charge < -0.3 is 10.6 Å². The van der Waals surface area contributed by atoms with Crippen molar-refractivity contribution in [3.8, 4) is 0 Å². The third-order valence-corrected chi connectivity index (χ3v) is 3.40. The SMILES string of the molecule is C[C@@H](NC(=O)C(=O)NCCc1ccccc1)c1ccccc1. The van der Waals surface area contributed by atoms with E-state index in [0.29, 0.717) is 13.0 Å². The predicted molar refractivity (Wildman–Crippen MR) is 86.2 cm³/mol. The molecule has 0 aliphatic carbocycles. The normalized spacial score (nSPS) is 11.5. The van der Waals surface area contributed by atoms with Crippen molar-refractivity contribution in [3.63, 3.8) is 0 Å². The van der Waals surface area contributed by atoms with Gasteiger partial charge in [-0.15, -0.1) is 0 Å². The van der Waals surface area contributed by atoms with Crippen LogP contribution in [0.25, 0.3) is 0 Å². The Morgan fingerprint density at radius 1 is 0.909 bits per heavy atom. The second-order valence-electron chi connectivity index (χ2n) is 5.10. The summed E-state index contributed by atoms with van der Waals surface area (Å²) in [6, 6.07) is 19.2. The van der Waals surface area contributed by atoms with Crippen LogP contribution in [0.1, 0.15) is 24.1 Å². The van der Waals surface area contributed by atoms with Crippen molar-refractivity contribution in [3.05, 3.63) is 71.8 Å². The molecule has 22 heavy (non-hydrogen) atoms. The summed E-state index contributed by atoms with van der Waals surface area (Å²) in [5.41, 5.74) is 2.09. The van der Waals surface area contributed by atoms with Crippen molar-refractivity contribution in [2.24, 2.45) is 0 Å². The van der Waals surface area contributed by atoms with E-state index in [0.717, 1.165) is 11.1 Å². The fourth-order valence-corrected chi connectivity index (χ4v) is 2.13. The van der Waals surface area contributed by atoms with E-state index in [1.807, 2.05) is 67.6 Å². The van der Waals surface area contributed by atoms with Crippen molar-refractivity contribution < 1.29 is 9.59 Å². The lowest BCUT2D eigenvalue weighted by atomic mass is 10.1. The van der Waals surface area contributed by atoms with Crippen LogP contribution in [-0.2, 0) is 16.0 Å². The second-order valence-corrected chi connectivity index (χ2v) is 5.10. The van der Waals surface area contributed by atoms with Crippen LogP contribution in [-0.4, -0.2) is 18.4 Å². The molecule has 4 nitrogen and oxygen atoms in total. The first-order valence-corrected chi connectivity index (χ1v) is 7.34. The maximum atomic E-state index is 11.8. The molecule has 114 valence electrons. The smallest absolute Gasteiger partial charge is 0.309 e. The van der Waals surface area contributed by atoms with Crippen molar-refractivity contribution in [2.75, 3.05) is 6.54 Å². The maximum Gasteiger partial charge on any atom is 0.309 e. The van der Waals surface area contributed by atoms with Crippen LogP contribution >= 0.6 is 0 Å². The molecule has 2 N–H and O–H groups in total. The molecule has 0 aromatic heterocycles. The van der Waals surface area contributed by atoms with Gasteiger partial charge in [0, 0.05) is 6.54 Å². The summed E-state index contributed by atoms with van der Waals surface area (Å²) in [7, 11) is 0. The maximum absolute atomic E-state index is 11.8. The summed E-state index contributed by atoms with van der Waals surface area (Å²) in [6.45, 7) is 2.29. The Hall–Kier alpha value is -2.62.